The molecule has 0 aromatic heterocycles. The number of rotatable bonds is 4. The van der Waals surface area contributed by atoms with E-state index < -0.39 is 11.4 Å². The van der Waals surface area contributed by atoms with E-state index in [4.69, 9.17) is 4.74 Å². The number of anilines is 1. The van der Waals surface area contributed by atoms with Gasteiger partial charge in [-0.1, -0.05) is 12.1 Å². The van der Waals surface area contributed by atoms with Crippen LogP contribution < -0.4 is 9.64 Å². The van der Waals surface area contributed by atoms with Crippen molar-refractivity contribution in [2.45, 2.75) is 13.8 Å². The number of piperazine rings is 1. The largest absolute Gasteiger partial charge is 0.481 e. The molecule has 0 radical (unpaired) electrons. The predicted molar refractivity (Wildman–Crippen MR) is 110 cm³/mol. The van der Waals surface area contributed by atoms with Gasteiger partial charge in [0.1, 0.15) is 17.1 Å². The third-order valence-electron chi connectivity index (χ3n) is 5.42. The van der Waals surface area contributed by atoms with Crippen molar-refractivity contribution in [1.29, 1.82) is 0 Å². The molecule has 1 saturated heterocycles. The molecule has 0 saturated carbocycles. The molecule has 6 nitrogen and oxygen atoms in total. The van der Waals surface area contributed by atoms with E-state index in [2.05, 4.69) is 9.89 Å². The second kappa shape index (κ2) is 7.48. The van der Waals surface area contributed by atoms with Crippen LogP contribution in [0.25, 0.3) is 0 Å². The van der Waals surface area contributed by atoms with Crippen LogP contribution in [0.4, 0.5) is 15.8 Å². The molecule has 4 rings (SSSR count). The first-order valence-electron chi connectivity index (χ1n) is 9.69. The number of benzene rings is 2. The molecule has 2 aliphatic heterocycles. The Balaban J connectivity index is 1.57. The summed E-state index contributed by atoms with van der Waals surface area (Å²) >= 11 is 0. The molecule has 2 aromatic rings. The van der Waals surface area contributed by atoms with Crippen molar-refractivity contribution >= 4 is 23.6 Å². The highest BCUT2D eigenvalue weighted by Gasteiger charge is 2.32. The smallest absolute Gasteiger partial charge is 0.310 e. The Labute approximate surface area is 169 Å². The van der Waals surface area contributed by atoms with Crippen LogP contribution in [0.1, 0.15) is 19.4 Å². The normalized spacial score (nSPS) is 16.6. The number of nitrogens with zero attached hydrogens (tertiary/aromatic N) is 3. The van der Waals surface area contributed by atoms with E-state index in [1.807, 2.05) is 29.2 Å². The lowest BCUT2D eigenvalue weighted by molar-refractivity contribution is -0.148. The third-order valence-corrected chi connectivity index (χ3v) is 5.42. The quantitative estimate of drug-likeness (QED) is 0.723. The maximum atomic E-state index is 14.9. The highest BCUT2D eigenvalue weighted by Crippen LogP contribution is 2.44. The zero-order chi connectivity index (χ0) is 20.6. The number of aliphatic imine (C=N–C) groups is 1. The van der Waals surface area contributed by atoms with Gasteiger partial charge < -0.3 is 14.7 Å². The summed E-state index contributed by atoms with van der Waals surface area (Å²) < 4.78 is 21.0. The number of ether oxygens (including phenoxy) is 1. The summed E-state index contributed by atoms with van der Waals surface area (Å²) in [7, 11) is 0. The standard InChI is InChI=1S/C22H24FN3O3/c1-22(2,21(27)28)14-25-9-11-26(12-10-25)19-16(23)7-8-17-20(19)29-18-6-4-3-5-15(18)13-24-17/h3-8,13H,9-12,14H2,1-2H3,(H,27,28). The number of para-hydroxylation sites is 1. The lowest BCUT2D eigenvalue weighted by Crippen LogP contribution is -2.50. The van der Waals surface area contributed by atoms with Crippen LogP contribution in [0.5, 0.6) is 11.5 Å². The van der Waals surface area contributed by atoms with Crippen LogP contribution in [0.2, 0.25) is 0 Å². The average molecular weight is 397 g/mol. The maximum Gasteiger partial charge on any atom is 0.310 e. The maximum absolute atomic E-state index is 14.9. The fraction of sp³-hybridized carbons (Fsp3) is 0.364. The number of aliphatic carboxylic acids is 1. The first-order valence-corrected chi connectivity index (χ1v) is 9.69. The van der Waals surface area contributed by atoms with Crippen LogP contribution in [0.3, 0.4) is 0 Å². The molecule has 1 N–H and O–H groups in total. The van der Waals surface area contributed by atoms with Gasteiger partial charge in [-0.05, 0) is 38.1 Å². The highest BCUT2D eigenvalue weighted by molar-refractivity contribution is 5.89. The Morgan fingerprint density at radius 1 is 1.17 bits per heavy atom. The monoisotopic (exact) mass is 397 g/mol. The summed E-state index contributed by atoms with van der Waals surface area (Å²) in [6.45, 7) is 6.37. The Morgan fingerprint density at radius 3 is 2.62 bits per heavy atom. The fourth-order valence-electron chi connectivity index (χ4n) is 3.72. The minimum absolute atomic E-state index is 0.349. The van der Waals surface area contributed by atoms with Gasteiger partial charge in [-0.2, -0.15) is 0 Å². The molecule has 29 heavy (non-hydrogen) atoms. The first kappa shape index (κ1) is 19.4. The molecule has 0 amide bonds. The van der Waals surface area contributed by atoms with Crippen LogP contribution in [-0.2, 0) is 4.79 Å². The molecule has 0 unspecified atom stereocenters. The molecule has 2 aliphatic rings. The molecule has 0 aliphatic carbocycles. The van der Waals surface area contributed by atoms with Gasteiger partial charge in [0.05, 0.1) is 5.41 Å². The van der Waals surface area contributed by atoms with Gasteiger partial charge in [0.2, 0.25) is 0 Å². The van der Waals surface area contributed by atoms with Crippen molar-refractivity contribution in [3.05, 3.63) is 47.8 Å². The number of carboxylic acid groups (broad SMARTS) is 1. The number of hydrogen-bond donors (Lipinski definition) is 1. The van der Waals surface area contributed by atoms with Gasteiger partial charge >= 0.3 is 5.97 Å². The average Bonchev–Trinajstić information content (AvgIpc) is 2.88. The topological polar surface area (TPSA) is 65.4 Å². The number of halogens is 1. The van der Waals surface area contributed by atoms with Gasteiger partial charge in [0, 0.05) is 44.5 Å². The summed E-state index contributed by atoms with van der Waals surface area (Å²) in [6, 6.07) is 10.6. The van der Waals surface area contributed by atoms with Crippen molar-refractivity contribution in [2.24, 2.45) is 10.4 Å². The van der Waals surface area contributed by atoms with E-state index in [0.29, 0.717) is 55.6 Å². The molecule has 7 heteroatoms. The van der Waals surface area contributed by atoms with Crippen molar-refractivity contribution < 1.29 is 19.0 Å². The van der Waals surface area contributed by atoms with E-state index in [9.17, 15) is 14.3 Å². The molecular weight excluding hydrogens is 373 g/mol. The molecule has 2 heterocycles. The summed E-state index contributed by atoms with van der Waals surface area (Å²) in [4.78, 5) is 20.0. The minimum Gasteiger partial charge on any atom is -0.481 e. The zero-order valence-corrected chi connectivity index (χ0v) is 16.6. The van der Waals surface area contributed by atoms with Crippen molar-refractivity contribution in [2.75, 3.05) is 37.6 Å². The van der Waals surface area contributed by atoms with Gasteiger partial charge in [0.25, 0.3) is 0 Å². The van der Waals surface area contributed by atoms with Gasteiger partial charge in [-0.25, -0.2) is 4.39 Å². The molecular formula is C22H24FN3O3. The minimum atomic E-state index is -0.821. The van der Waals surface area contributed by atoms with Gasteiger partial charge in [0.15, 0.2) is 11.6 Å². The summed E-state index contributed by atoms with van der Waals surface area (Å²) in [5.74, 6) is -0.101. The number of hydrogen-bond acceptors (Lipinski definition) is 5. The van der Waals surface area contributed by atoms with Crippen LogP contribution in [0.15, 0.2) is 41.4 Å². The first-order chi connectivity index (χ1) is 13.8. The Hall–Kier alpha value is -2.93. The molecule has 0 bridgehead atoms. The summed E-state index contributed by atoms with van der Waals surface area (Å²) in [5, 5.41) is 9.36. The lowest BCUT2D eigenvalue weighted by atomic mass is 9.93. The van der Waals surface area contributed by atoms with Crippen molar-refractivity contribution in [1.82, 2.24) is 4.90 Å². The van der Waals surface area contributed by atoms with Crippen LogP contribution in [-0.4, -0.2) is 54.9 Å². The second-order valence-corrected chi connectivity index (χ2v) is 8.09. The molecule has 1 fully saturated rings. The summed E-state index contributed by atoms with van der Waals surface area (Å²) in [6.07, 6.45) is 1.73. The van der Waals surface area contributed by atoms with Crippen molar-refractivity contribution in [3.63, 3.8) is 0 Å². The Kier molecular flexibility index (Phi) is 5.00. The van der Waals surface area contributed by atoms with E-state index >= 15 is 0 Å². The number of carboxylic acids is 1. The highest BCUT2D eigenvalue weighted by atomic mass is 19.1. The molecule has 0 spiro atoms. The van der Waals surface area contributed by atoms with E-state index in [0.717, 1.165) is 5.56 Å². The number of fused-ring (bicyclic) bond motifs is 2. The third kappa shape index (κ3) is 3.82. The number of carbonyl (C=O) groups is 1. The molecule has 0 atom stereocenters. The van der Waals surface area contributed by atoms with E-state index in [1.165, 1.54) is 6.07 Å². The fourth-order valence-corrected chi connectivity index (χ4v) is 3.72. The van der Waals surface area contributed by atoms with Crippen LogP contribution >= 0.6 is 0 Å². The Bertz CT molecular complexity index is 966. The van der Waals surface area contributed by atoms with Gasteiger partial charge in [-0.3, -0.25) is 14.7 Å². The Morgan fingerprint density at radius 2 is 1.90 bits per heavy atom. The van der Waals surface area contributed by atoms with Crippen LogP contribution in [0, 0.1) is 11.2 Å². The van der Waals surface area contributed by atoms with Crippen molar-refractivity contribution in [3.8, 4) is 11.5 Å². The second-order valence-electron chi connectivity index (χ2n) is 8.09. The summed E-state index contributed by atoms with van der Waals surface area (Å²) in [5.41, 5.74) is 1.02. The van der Waals surface area contributed by atoms with Gasteiger partial charge in [-0.15, -0.1) is 0 Å². The SMILES string of the molecule is CC(C)(CN1CCN(c2c(F)ccc3c2Oc2ccccc2C=N3)CC1)C(=O)O. The molecule has 152 valence electrons. The molecule has 2 aromatic carbocycles. The zero-order valence-electron chi connectivity index (χ0n) is 16.6. The lowest BCUT2D eigenvalue weighted by Gasteiger charge is -2.39. The van der Waals surface area contributed by atoms with E-state index in [-0.39, 0.29) is 5.82 Å². The predicted octanol–water partition coefficient (Wildman–Crippen LogP) is 3.91. The van der Waals surface area contributed by atoms with E-state index in [1.54, 1.807) is 26.1 Å².